The number of nitrogens with two attached hydrogens (primary N) is 1. The van der Waals surface area contributed by atoms with E-state index in [9.17, 15) is 8.78 Å². The average molecular weight is 284 g/mol. The molecule has 2 N–H and O–H groups in total. The van der Waals surface area contributed by atoms with Crippen LogP contribution in [0.4, 0.5) is 8.78 Å². The fourth-order valence-corrected chi connectivity index (χ4v) is 1.75. The fourth-order valence-electron chi connectivity index (χ4n) is 1.63. The minimum Gasteiger partial charge on any atom is -0.489 e. The van der Waals surface area contributed by atoms with Crippen molar-refractivity contribution in [3.05, 3.63) is 64.2 Å². The molecule has 0 fully saturated rings. The van der Waals surface area contributed by atoms with Crippen LogP contribution in [0.5, 0.6) is 5.75 Å². The second-order valence-corrected chi connectivity index (χ2v) is 4.37. The molecule has 2 aromatic carbocycles. The first kappa shape index (κ1) is 13.8. The summed E-state index contributed by atoms with van der Waals surface area (Å²) in [6.07, 6.45) is 0. The van der Waals surface area contributed by atoms with Crippen LogP contribution in [0.3, 0.4) is 0 Å². The van der Waals surface area contributed by atoms with Crippen LogP contribution in [0, 0.1) is 11.6 Å². The maximum absolute atomic E-state index is 13.9. The van der Waals surface area contributed by atoms with Crippen LogP contribution in [0.2, 0.25) is 5.02 Å². The number of halogens is 3. The minimum absolute atomic E-state index is 0.000740. The average Bonchev–Trinajstić information content (AvgIpc) is 2.41. The molecular weight excluding hydrogens is 272 g/mol. The van der Waals surface area contributed by atoms with E-state index < -0.39 is 5.82 Å². The van der Waals surface area contributed by atoms with E-state index in [1.807, 2.05) is 0 Å². The van der Waals surface area contributed by atoms with Crippen molar-refractivity contribution >= 4 is 11.6 Å². The molecule has 0 unspecified atom stereocenters. The van der Waals surface area contributed by atoms with Gasteiger partial charge in [0.05, 0.1) is 5.02 Å². The Morgan fingerprint density at radius 1 is 1.11 bits per heavy atom. The lowest BCUT2D eigenvalue weighted by molar-refractivity contribution is 0.298. The largest absolute Gasteiger partial charge is 0.489 e. The number of benzene rings is 2. The summed E-state index contributed by atoms with van der Waals surface area (Å²) in [6, 6.07) is 8.98. The first-order valence-electron chi connectivity index (χ1n) is 5.66. The van der Waals surface area contributed by atoms with Crippen molar-refractivity contribution in [2.75, 3.05) is 0 Å². The van der Waals surface area contributed by atoms with Gasteiger partial charge in [-0.15, -0.1) is 0 Å². The summed E-state index contributed by atoms with van der Waals surface area (Å²) in [4.78, 5) is 0. The van der Waals surface area contributed by atoms with Gasteiger partial charge >= 0.3 is 0 Å². The van der Waals surface area contributed by atoms with Gasteiger partial charge in [0.2, 0.25) is 0 Å². The zero-order chi connectivity index (χ0) is 13.8. The van der Waals surface area contributed by atoms with Crippen molar-refractivity contribution in [1.82, 2.24) is 0 Å². The lowest BCUT2D eigenvalue weighted by atomic mass is 10.1. The van der Waals surface area contributed by atoms with Gasteiger partial charge in [-0.25, -0.2) is 8.78 Å². The molecule has 2 rings (SSSR count). The summed E-state index contributed by atoms with van der Waals surface area (Å²) >= 11 is 5.56. The molecule has 19 heavy (non-hydrogen) atoms. The molecule has 100 valence electrons. The van der Waals surface area contributed by atoms with Crippen LogP contribution in [0.1, 0.15) is 11.1 Å². The molecule has 0 aliphatic carbocycles. The molecule has 0 aliphatic rings. The van der Waals surface area contributed by atoms with E-state index in [0.29, 0.717) is 16.9 Å². The summed E-state index contributed by atoms with van der Waals surface area (Å²) in [6.45, 7) is 0.121. The summed E-state index contributed by atoms with van der Waals surface area (Å²) in [5.74, 6) is -0.672. The van der Waals surface area contributed by atoms with Gasteiger partial charge in [0.15, 0.2) is 0 Å². The second kappa shape index (κ2) is 5.99. The van der Waals surface area contributed by atoms with Crippen LogP contribution < -0.4 is 10.5 Å². The van der Waals surface area contributed by atoms with Gasteiger partial charge in [0, 0.05) is 23.7 Å². The molecule has 5 heteroatoms. The SMILES string of the molecule is NCc1cccc(COc2ccc(Cl)c(F)c2)c1F. The Morgan fingerprint density at radius 3 is 2.53 bits per heavy atom. The molecule has 0 atom stereocenters. The molecular formula is C14H12ClF2NO. The molecule has 0 bridgehead atoms. The topological polar surface area (TPSA) is 35.2 Å². The van der Waals surface area contributed by atoms with Gasteiger partial charge < -0.3 is 10.5 Å². The van der Waals surface area contributed by atoms with E-state index in [1.165, 1.54) is 12.1 Å². The molecule has 2 nitrogen and oxygen atoms in total. The van der Waals surface area contributed by atoms with E-state index in [4.69, 9.17) is 22.1 Å². The van der Waals surface area contributed by atoms with Gasteiger partial charge in [-0.2, -0.15) is 0 Å². The maximum atomic E-state index is 13.9. The third-order valence-electron chi connectivity index (χ3n) is 2.66. The van der Waals surface area contributed by atoms with Gasteiger partial charge in [0.1, 0.15) is 24.0 Å². The van der Waals surface area contributed by atoms with Crippen molar-refractivity contribution in [2.45, 2.75) is 13.2 Å². The maximum Gasteiger partial charge on any atom is 0.145 e. The summed E-state index contributed by atoms with van der Waals surface area (Å²) in [5, 5.41) is 0.0173. The Bertz CT molecular complexity index is 590. The molecule has 0 amide bonds. The molecule has 0 radical (unpaired) electrons. The molecule has 0 heterocycles. The highest BCUT2D eigenvalue weighted by Crippen LogP contribution is 2.22. The Balaban J connectivity index is 2.12. The van der Waals surface area contributed by atoms with Gasteiger partial charge in [-0.1, -0.05) is 29.8 Å². The van der Waals surface area contributed by atoms with Crippen molar-refractivity contribution in [3.8, 4) is 5.75 Å². The Kier molecular flexibility index (Phi) is 4.35. The van der Waals surface area contributed by atoms with Gasteiger partial charge in [0.25, 0.3) is 0 Å². The van der Waals surface area contributed by atoms with Crippen LogP contribution in [0.15, 0.2) is 36.4 Å². The Hall–Kier alpha value is -1.65. The standard InChI is InChI=1S/C14H12ClF2NO/c15-12-5-4-11(6-13(12)16)19-8-10-3-1-2-9(7-18)14(10)17/h1-6H,7-8,18H2. The summed E-state index contributed by atoms with van der Waals surface area (Å²) in [5.41, 5.74) is 6.21. The monoisotopic (exact) mass is 283 g/mol. The first-order chi connectivity index (χ1) is 9.11. The zero-order valence-corrected chi connectivity index (χ0v) is 10.8. The van der Waals surface area contributed by atoms with E-state index in [0.717, 1.165) is 6.07 Å². The number of ether oxygens (including phenoxy) is 1. The predicted octanol–water partition coefficient (Wildman–Crippen LogP) is 3.66. The molecule has 0 saturated heterocycles. The van der Waals surface area contributed by atoms with Crippen LogP contribution in [0.25, 0.3) is 0 Å². The molecule has 0 saturated carbocycles. The fraction of sp³-hybridized carbons (Fsp3) is 0.143. The van der Waals surface area contributed by atoms with Gasteiger partial charge in [-0.3, -0.25) is 0 Å². The summed E-state index contributed by atoms with van der Waals surface area (Å²) < 4.78 is 32.4. The number of hydrogen-bond donors (Lipinski definition) is 1. The smallest absolute Gasteiger partial charge is 0.145 e. The lowest BCUT2D eigenvalue weighted by Gasteiger charge is -2.09. The third-order valence-corrected chi connectivity index (χ3v) is 2.97. The van der Waals surface area contributed by atoms with E-state index in [-0.39, 0.29) is 24.0 Å². The van der Waals surface area contributed by atoms with Crippen LogP contribution in [-0.4, -0.2) is 0 Å². The number of rotatable bonds is 4. The molecule has 0 aromatic heterocycles. The highest BCUT2D eigenvalue weighted by Gasteiger charge is 2.08. The van der Waals surface area contributed by atoms with Crippen molar-refractivity contribution in [1.29, 1.82) is 0 Å². The highest BCUT2D eigenvalue weighted by atomic mass is 35.5. The first-order valence-corrected chi connectivity index (χ1v) is 6.04. The third kappa shape index (κ3) is 3.22. The van der Waals surface area contributed by atoms with Gasteiger partial charge in [-0.05, 0) is 12.1 Å². The normalized spacial score (nSPS) is 10.5. The van der Waals surface area contributed by atoms with Crippen LogP contribution in [-0.2, 0) is 13.2 Å². The van der Waals surface area contributed by atoms with E-state index in [1.54, 1.807) is 18.2 Å². The van der Waals surface area contributed by atoms with E-state index in [2.05, 4.69) is 0 Å². The minimum atomic E-state index is -0.574. The van der Waals surface area contributed by atoms with Crippen molar-refractivity contribution < 1.29 is 13.5 Å². The zero-order valence-electron chi connectivity index (χ0n) is 10.00. The Labute approximate surface area is 114 Å². The van der Waals surface area contributed by atoms with Crippen LogP contribution >= 0.6 is 11.6 Å². The summed E-state index contributed by atoms with van der Waals surface area (Å²) in [7, 11) is 0. The highest BCUT2D eigenvalue weighted by molar-refractivity contribution is 6.30. The lowest BCUT2D eigenvalue weighted by Crippen LogP contribution is -2.05. The molecule has 2 aromatic rings. The number of hydrogen-bond acceptors (Lipinski definition) is 2. The van der Waals surface area contributed by atoms with Crippen molar-refractivity contribution in [2.24, 2.45) is 5.73 Å². The van der Waals surface area contributed by atoms with E-state index >= 15 is 0 Å². The second-order valence-electron chi connectivity index (χ2n) is 3.96. The Morgan fingerprint density at radius 2 is 1.84 bits per heavy atom. The molecule has 0 spiro atoms. The molecule has 0 aliphatic heterocycles. The quantitative estimate of drug-likeness (QED) is 0.929. The van der Waals surface area contributed by atoms with Crippen molar-refractivity contribution in [3.63, 3.8) is 0 Å². The predicted molar refractivity (Wildman–Crippen MR) is 70.0 cm³/mol.